The van der Waals surface area contributed by atoms with Gasteiger partial charge in [-0.05, 0) is 61.1 Å². The van der Waals surface area contributed by atoms with E-state index in [2.05, 4.69) is 15.5 Å². The van der Waals surface area contributed by atoms with Crippen LogP contribution in [0.2, 0.25) is 0 Å². The number of carboxylic acids is 1. The molecule has 13 heteroatoms. The Morgan fingerprint density at radius 3 is 2.25 bits per heavy atom. The lowest BCUT2D eigenvalue weighted by molar-refractivity contribution is -0.142. The Bertz CT molecular complexity index is 1410. The van der Waals surface area contributed by atoms with Crippen LogP contribution in [0.25, 0.3) is 11.0 Å². The first-order valence-corrected chi connectivity index (χ1v) is 15.7. The maximum absolute atomic E-state index is 13.3. The van der Waals surface area contributed by atoms with E-state index in [1.54, 1.807) is 12.1 Å². The molecule has 5 N–H and O–H groups in total. The molecule has 0 aliphatic rings. The molecule has 1 heterocycles. The summed E-state index contributed by atoms with van der Waals surface area (Å²) < 4.78 is 15.1. The highest BCUT2D eigenvalue weighted by Crippen LogP contribution is 2.23. The summed E-state index contributed by atoms with van der Waals surface area (Å²) in [7, 11) is 1.86. The molecule has 240 valence electrons. The Morgan fingerprint density at radius 1 is 1.02 bits per heavy atom. The minimum atomic E-state index is -1.21. The van der Waals surface area contributed by atoms with Crippen molar-refractivity contribution in [3.63, 3.8) is 0 Å². The number of benzene rings is 2. The lowest BCUT2D eigenvalue weighted by Crippen LogP contribution is -2.55. The van der Waals surface area contributed by atoms with Gasteiger partial charge in [-0.15, -0.1) is 23.2 Å². The van der Waals surface area contributed by atoms with E-state index >= 15 is 0 Å². The number of imidazole rings is 1. The number of halogens is 3. The molecule has 0 bridgehead atoms. The second-order valence-electron chi connectivity index (χ2n) is 11.2. The highest BCUT2D eigenvalue weighted by molar-refractivity contribution is 6.18. The summed E-state index contributed by atoms with van der Waals surface area (Å²) in [5.41, 5.74) is 9.32. The van der Waals surface area contributed by atoms with Gasteiger partial charge in [-0.2, -0.15) is 0 Å². The molecule has 2 aromatic carbocycles. The van der Waals surface area contributed by atoms with Crippen LogP contribution in [0.4, 0.5) is 10.1 Å². The molecule has 0 radical (unpaired) electrons. The van der Waals surface area contributed by atoms with Gasteiger partial charge >= 0.3 is 5.97 Å². The molecule has 0 saturated carbocycles. The van der Waals surface area contributed by atoms with Crippen LogP contribution >= 0.6 is 23.2 Å². The monoisotopic (exact) mass is 650 g/mol. The standard InChI is InChI=1S/C31H41Cl2FN6O4/c1-19(2)16-26(38-29(41)23(35)17-20-4-6-21(34)7-5-20)30(42)37-24(31(43)44)9-11-28-36-25-18-22(8-10-27(25)39(28)3)40(14-12-32)15-13-33/h4-8,10,18-19,23-24,26H,9,11-17,35H2,1-3H3,(H,37,42)(H,38,41)(H,43,44). The molecule has 3 atom stereocenters. The number of carbonyl (C=O) groups excluding carboxylic acids is 2. The second-order valence-corrected chi connectivity index (χ2v) is 11.9. The number of carboxylic acid groups (broad SMARTS) is 1. The van der Waals surface area contributed by atoms with Crippen molar-refractivity contribution in [1.82, 2.24) is 20.2 Å². The SMILES string of the molecule is CC(C)CC(NC(=O)C(N)Cc1ccc(F)cc1)C(=O)NC(CCc1nc2cc(N(CCCl)CCCl)ccc2n1C)C(=O)O. The molecule has 44 heavy (non-hydrogen) atoms. The zero-order chi connectivity index (χ0) is 32.4. The normalized spacial score (nSPS) is 13.5. The van der Waals surface area contributed by atoms with Crippen molar-refractivity contribution in [2.45, 2.75) is 57.7 Å². The fourth-order valence-corrected chi connectivity index (χ4v) is 5.39. The van der Waals surface area contributed by atoms with E-state index in [4.69, 9.17) is 33.9 Å². The first-order chi connectivity index (χ1) is 20.9. The number of nitrogens with two attached hydrogens (primary N) is 1. The summed E-state index contributed by atoms with van der Waals surface area (Å²) in [6.45, 7) is 5.05. The van der Waals surface area contributed by atoms with Gasteiger partial charge in [0.1, 0.15) is 23.7 Å². The van der Waals surface area contributed by atoms with Crippen molar-refractivity contribution in [3.05, 3.63) is 59.7 Å². The van der Waals surface area contributed by atoms with E-state index in [0.717, 1.165) is 16.7 Å². The number of fused-ring (bicyclic) bond motifs is 1. The number of aromatic nitrogens is 2. The van der Waals surface area contributed by atoms with Gasteiger partial charge in [-0.3, -0.25) is 9.59 Å². The van der Waals surface area contributed by atoms with Gasteiger partial charge < -0.3 is 30.9 Å². The van der Waals surface area contributed by atoms with Gasteiger partial charge in [0.05, 0.1) is 17.1 Å². The lowest BCUT2D eigenvalue weighted by atomic mass is 10.0. The van der Waals surface area contributed by atoms with Crippen LogP contribution in [0.5, 0.6) is 0 Å². The van der Waals surface area contributed by atoms with Crippen molar-refractivity contribution in [2.24, 2.45) is 18.7 Å². The van der Waals surface area contributed by atoms with Gasteiger partial charge in [0.25, 0.3) is 0 Å². The van der Waals surface area contributed by atoms with Gasteiger partial charge in [0.15, 0.2) is 0 Å². The van der Waals surface area contributed by atoms with Gasteiger partial charge in [-0.25, -0.2) is 14.2 Å². The Labute approximate surface area is 267 Å². The van der Waals surface area contributed by atoms with Crippen LogP contribution in [0.1, 0.15) is 38.1 Å². The van der Waals surface area contributed by atoms with E-state index in [1.165, 1.54) is 12.1 Å². The first-order valence-electron chi connectivity index (χ1n) is 14.6. The van der Waals surface area contributed by atoms with Crippen LogP contribution in [-0.4, -0.2) is 75.4 Å². The van der Waals surface area contributed by atoms with Crippen molar-refractivity contribution >= 4 is 57.7 Å². The fraction of sp³-hybridized carbons (Fsp3) is 0.484. The number of hydrogen-bond acceptors (Lipinski definition) is 6. The predicted octanol–water partition coefficient (Wildman–Crippen LogP) is 3.60. The van der Waals surface area contributed by atoms with Crippen molar-refractivity contribution in [1.29, 1.82) is 0 Å². The zero-order valence-electron chi connectivity index (χ0n) is 25.2. The molecule has 0 aliphatic heterocycles. The molecule has 0 fully saturated rings. The Kier molecular flexibility index (Phi) is 13.2. The van der Waals surface area contributed by atoms with Crippen molar-refractivity contribution in [2.75, 3.05) is 29.7 Å². The minimum Gasteiger partial charge on any atom is -0.480 e. The number of hydrogen-bond donors (Lipinski definition) is 4. The van der Waals surface area contributed by atoms with Crippen LogP contribution in [0.15, 0.2) is 42.5 Å². The highest BCUT2D eigenvalue weighted by Gasteiger charge is 2.29. The van der Waals surface area contributed by atoms with Crippen molar-refractivity contribution in [3.8, 4) is 0 Å². The number of nitrogens with one attached hydrogen (secondary N) is 2. The fourth-order valence-electron chi connectivity index (χ4n) is 4.98. The lowest BCUT2D eigenvalue weighted by Gasteiger charge is -2.24. The number of rotatable bonds is 17. The molecular formula is C31H41Cl2FN6O4. The summed E-state index contributed by atoms with van der Waals surface area (Å²) in [5, 5.41) is 15.2. The summed E-state index contributed by atoms with van der Waals surface area (Å²) in [6, 6.07) is 8.36. The molecule has 0 spiro atoms. The highest BCUT2D eigenvalue weighted by atomic mass is 35.5. The third kappa shape index (κ3) is 9.80. The average molecular weight is 652 g/mol. The zero-order valence-corrected chi connectivity index (χ0v) is 26.7. The van der Waals surface area contributed by atoms with Gasteiger partial charge in [0.2, 0.25) is 11.8 Å². The number of aliphatic carboxylic acids is 1. The Hall–Kier alpha value is -3.41. The number of carbonyl (C=O) groups is 3. The third-order valence-corrected chi connectivity index (χ3v) is 7.69. The smallest absolute Gasteiger partial charge is 0.326 e. The number of aryl methyl sites for hydroxylation is 2. The molecule has 0 aliphatic carbocycles. The maximum Gasteiger partial charge on any atom is 0.326 e. The summed E-state index contributed by atoms with van der Waals surface area (Å²) >= 11 is 11.9. The molecule has 3 unspecified atom stereocenters. The van der Waals surface area contributed by atoms with E-state index in [9.17, 15) is 23.9 Å². The largest absolute Gasteiger partial charge is 0.480 e. The molecule has 1 aromatic heterocycles. The molecule has 10 nitrogen and oxygen atoms in total. The minimum absolute atomic E-state index is 0.0253. The van der Waals surface area contributed by atoms with E-state index < -0.39 is 41.7 Å². The number of amides is 2. The van der Waals surface area contributed by atoms with E-state index in [-0.39, 0.29) is 31.6 Å². The quantitative estimate of drug-likeness (QED) is 0.164. The number of nitrogens with zero attached hydrogens (tertiary/aromatic N) is 3. The number of alkyl halides is 2. The topological polar surface area (TPSA) is 143 Å². The summed E-state index contributed by atoms with van der Waals surface area (Å²) in [4.78, 5) is 45.1. The first kappa shape index (κ1) is 35.1. The maximum atomic E-state index is 13.3. The Balaban J connectivity index is 1.68. The molecule has 0 saturated heterocycles. The van der Waals surface area contributed by atoms with Gasteiger partial charge in [-0.1, -0.05) is 26.0 Å². The predicted molar refractivity (Wildman–Crippen MR) is 172 cm³/mol. The third-order valence-electron chi connectivity index (χ3n) is 7.35. The van der Waals surface area contributed by atoms with Crippen LogP contribution in [0, 0.1) is 11.7 Å². The van der Waals surface area contributed by atoms with Crippen LogP contribution < -0.4 is 21.3 Å². The molecule has 2 amide bonds. The van der Waals surface area contributed by atoms with Crippen molar-refractivity contribution < 1.29 is 23.9 Å². The van der Waals surface area contributed by atoms with E-state index in [0.29, 0.717) is 36.2 Å². The summed E-state index contributed by atoms with van der Waals surface area (Å²) in [6.07, 6.45) is 0.804. The van der Waals surface area contributed by atoms with Crippen LogP contribution in [-0.2, 0) is 34.3 Å². The molecular weight excluding hydrogens is 610 g/mol. The van der Waals surface area contributed by atoms with Crippen LogP contribution in [0.3, 0.4) is 0 Å². The summed E-state index contributed by atoms with van der Waals surface area (Å²) in [5.74, 6) is -1.16. The average Bonchev–Trinajstić information content (AvgIpc) is 3.29. The number of anilines is 1. The van der Waals surface area contributed by atoms with Gasteiger partial charge in [0, 0.05) is 44.0 Å². The molecule has 3 rings (SSSR count). The molecule has 3 aromatic rings. The second kappa shape index (κ2) is 16.6. The Morgan fingerprint density at radius 2 is 1.66 bits per heavy atom. The van der Waals surface area contributed by atoms with E-state index in [1.807, 2.05) is 43.7 Å².